The first-order valence-corrected chi connectivity index (χ1v) is 11.9. The summed E-state index contributed by atoms with van der Waals surface area (Å²) in [6.45, 7) is 11.0. The van der Waals surface area contributed by atoms with E-state index in [-0.39, 0.29) is 11.2 Å². The van der Waals surface area contributed by atoms with Crippen LogP contribution in [0, 0.1) is 5.92 Å². The van der Waals surface area contributed by atoms with E-state index in [0.29, 0.717) is 11.0 Å². The van der Waals surface area contributed by atoms with Gasteiger partial charge in [-0.3, -0.25) is 4.79 Å². The van der Waals surface area contributed by atoms with E-state index in [1.54, 1.807) is 11.3 Å². The molecule has 2 unspecified atom stereocenters. The summed E-state index contributed by atoms with van der Waals surface area (Å²) >= 11 is 3.18. The van der Waals surface area contributed by atoms with Gasteiger partial charge in [0.15, 0.2) is 5.16 Å². The number of anilines is 1. The first-order chi connectivity index (χ1) is 13.5. The Morgan fingerprint density at radius 1 is 1.32 bits per heavy atom. The van der Waals surface area contributed by atoms with E-state index < -0.39 is 0 Å². The molecule has 0 bridgehead atoms. The summed E-state index contributed by atoms with van der Waals surface area (Å²) in [5.41, 5.74) is 7.68. The third-order valence-electron chi connectivity index (χ3n) is 5.92. The van der Waals surface area contributed by atoms with Crippen LogP contribution in [-0.2, 0) is 17.6 Å². The molecular weight excluding hydrogens is 390 g/mol. The van der Waals surface area contributed by atoms with E-state index in [4.69, 9.17) is 10.7 Å². The van der Waals surface area contributed by atoms with Crippen molar-refractivity contribution in [3.8, 4) is 0 Å². The lowest BCUT2D eigenvalue weighted by molar-refractivity contribution is -0.132. The molecule has 28 heavy (non-hydrogen) atoms. The summed E-state index contributed by atoms with van der Waals surface area (Å²) in [6, 6.07) is 0. The van der Waals surface area contributed by atoms with Crippen LogP contribution in [0.4, 0.5) is 5.82 Å². The van der Waals surface area contributed by atoms with Crippen molar-refractivity contribution in [1.29, 1.82) is 0 Å². The van der Waals surface area contributed by atoms with Gasteiger partial charge in [0.05, 0.1) is 10.6 Å². The number of aromatic nitrogens is 2. The van der Waals surface area contributed by atoms with Crippen LogP contribution in [0.15, 0.2) is 5.16 Å². The molecule has 2 atom stereocenters. The maximum Gasteiger partial charge on any atom is 0.235 e. The average molecular weight is 420 g/mol. The zero-order valence-electron chi connectivity index (χ0n) is 16.9. The molecule has 8 heteroatoms. The minimum absolute atomic E-state index is 0.169. The second kappa shape index (κ2) is 8.16. The van der Waals surface area contributed by atoms with E-state index in [0.717, 1.165) is 61.7 Å². The molecule has 0 radical (unpaired) electrons. The highest BCUT2D eigenvalue weighted by atomic mass is 32.2. The number of piperazine rings is 1. The maximum atomic E-state index is 12.8. The first-order valence-electron chi connectivity index (χ1n) is 10.2. The smallest absolute Gasteiger partial charge is 0.235 e. The molecule has 0 spiro atoms. The molecule has 6 nitrogen and oxygen atoms in total. The molecule has 4 rings (SSSR count). The van der Waals surface area contributed by atoms with E-state index >= 15 is 0 Å². The number of nitrogens with two attached hydrogens (primary N) is 1. The number of nitrogen functional groups attached to an aromatic ring is 1. The van der Waals surface area contributed by atoms with Crippen molar-refractivity contribution in [2.45, 2.75) is 50.4 Å². The molecule has 3 heterocycles. The van der Waals surface area contributed by atoms with Crippen LogP contribution >= 0.6 is 23.1 Å². The van der Waals surface area contributed by atoms with Gasteiger partial charge in [-0.2, -0.15) is 0 Å². The van der Waals surface area contributed by atoms with Gasteiger partial charge in [0, 0.05) is 31.1 Å². The number of rotatable bonds is 4. The summed E-state index contributed by atoms with van der Waals surface area (Å²) in [4.78, 5) is 28.9. The summed E-state index contributed by atoms with van der Waals surface area (Å²) in [6.07, 6.45) is 3.37. The fourth-order valence-corrected chi connectivity index (χ4v) is 6.46. The van der Waals surface area contributed by atoms with Crippen molar-refractivity contribution < 1.29 is 4.79 Å². The van der Waals surface area contributed by atoms with Gasteiger partial charge in [0.2, 0.25) is 5.91 Å². The van der Waals surface area contributed by atoms with Gasteiger partial charge in [0.1, 0.15) is 10.6 Å². The minimum Gasteiger partial charge on any atom is -0.383 e. The second-order valence-corrected chi connectivity index (χ2v) is 10.3. The number of amides is 1. The van der Waals surface area contributed by atoms with Crippen LogP contribution < -0.4 is 5.73 Å². The molecule has 2 N–H and O–H groups in total. The van der Waals surface area contributed by atoms with Crippen LogP contribution in [0.3, 0.4) is 0 Å². The Hall–Kier alpha value is -1.38. The van der Waals surface area contributed by atoms with Gasteiger partial charge in [-0.25, -0.2) is 9.97 Å². The molecule has 1 fully saturated rings. The van der Waals surface area contributed by atoms with Crippen LogP contribution in [0.5, 0.6) is 0 Å². The third kappa shape index (κ3) is 3.86. The maximum absolute atomic E-state index is 12.8. The fourth-order valence-electron chi connectivity index (χ4n) is 4.15. The van der Waals surface area contributed by atoms with Gasteiger partial charge in [-0.1, -0.05) is 25.6 Å². The van der Waals surface area contributed by atoms with Crippen LogP contribution in [0.25, 0.3) is 10.2 Å². The number of nitrogens with zero attached hydrogens (tertiary/aromatic N) is 4. The van der Waals surface area contributed by atoms with Gasteiger partial charge >= 0.3 is 0 Å². The van der Waals surface area contributed by atoms with Gasteiger partial charge in [0.25, 0.3) is 0 Å². The minimum atomic E-state index is -0.209. The summed E-state index contributed by atoms with van der Waals surface area (Å²) in [5, 5.41) is 1.45. The standard InChI is InChI=1S/C20H29N5OS2/c1-4-24-7-9-25(10-8-24)19(26)13(3)27-20-22-17(21)16-14-6-5-12(2)11-15(14)28-18(16)23-20/h12-13H,4-11H2,1-3H3,(H2,21,22,23). The molecule has 0 saturated carbocycles. The normalized spacial score (nSPS) is 21.7. The number of thioether (sulfide) groups is 1. The lowest BCUT2D eigenvalue weighted by atomic mass is 9.89. The molecule has 2 aromatic rings. The number of aryl methyl sites for hydroxylation is 1. The topological polar surface area (TPSA) is 75.3 Å². The van der Waals surface area contributed by atoms with E-state index in [1.807, 2.05) is 11.8 Å². The predicted octanol–water partition coefficient (Wildman–Crippen LogP) is 3.04. The Labute approximate surface area is 174 Å². The van der Waals surface area contributed by atoms with E-state index in [9.17, 15) is 4.79 Å². The number of fused-ring (bicyclic) bond motifs is 3. The molecule has 152 valence electrons. The summed E-state index contributed by atoms with van der Waals surface area (Å²) in [7, 11) is 0. The number of carbonyl (C=O) groups is 1. The van der Waals surface area contributed by atoms with Crippen LogP contribution in [-0.4, -0.2) is 63.6 Å². The number of carbonyl (C=O) groups excluding carboxylic acids is 1. The quantitative estimate of drug-likeness (QED) is 0.606. The van der Waals surface area contributed by atoms with Gasteiger partial charge in [-0.15, -0.1) is 11.3 Å². The molecule has 1 aliphatic heterocycles. The van der Waals surface area contributed by atoms with Crippen molar-refractivity contribution in [3.05, 3.63) is 10.4 Å². The molecular formula is C20H29N5OS2. The number of likely N-dealkylation sites (N-methyl/N-ethyl adjacent to an activating group) is 1. The summed E-state index contributed by atoms with van der Waals surface area (Å²) in [5.74, 6) is 1.45. The number of thiophene rings is 1. The number of hydrogen-bond donors (Lipinski definition) is 1. The Balaban J connectivity index is 1.49. The van der Waals surface area contributed by atoms with Gasteiger partial charge < -0.3 is 15.5 Å². The second-order valence-electron chi connectivity index (χ2n) is 7.94. The summed E-state index contributed by atoms with van der Waals surface area (Å²) < 4.78 is 0. The molecule has 1 amide bonds. The molecule has 0 aromatic carbocycles. The largest absolute Gasteiger partial charge is 0.383 e. The van der Waals surface area contributed by atoms with Crippen LogP contribution in [0.2, 0.25) is 0 Å². The Morgan fingerprint density at radius 2 is 2.07 bits per heavy atom. The Morgan fingerprint density at radius 3 is 2.79 bits per heavy atom. The molecule has 1 aliphatic carbocycles. The highest BCUT2D eigenvalue weighted by molar-refractivity contribution is 8.00. The monoisotopic (exact) mass is 419 g/mol. The Bertz CT molecular complexity index is 875. The van der Waals surface area contributed by atoms with Crippen molar-refractivity contribution in [2.24, 2.45) is 5.92 Å². The van der Waals surface area contributed by atoms with Gasteiger partial charge in [-0.05, 0) is 44.2 Å². The van der Waals surface area contributed by atoms with Crippen molar-refractivity contribution in [1.82, 2.24) is 19.8 Å². The Kier molecular flexibility index (Phi) is 5.81. The van der Waals surface area contributed by atoms with Crippen molar-refractivity contribution in [2.75, 3.05) is 38.5 Å². The first kappa shape index (κ1) is 19.9. The molecule has 2 aromatic heterocycles. The highest BCUT2D eigenvalue weighted by Crippen LogP contribution is 2.40. The lowest BCUT2D eigenvalue weighted by Gasteiger charge is -2.35. The van der Waals surface area contributed by atoms with Crippen molar-refractivity contribution in [3.63, 3.8) is 0 Å². The predicted molar refractivity (Wildman–Crippen MR) is 117 cm³/mol. The van der Waals surface area contributed by atoms with E-state index in [2.05, 4.69) is 23.7 Å². The fraction of sp³-hybridized carbons (Fsp3) is 0.650. The SMILES string of the molecule is CCN1CCN(C(=O)C(C)Sc2nc(N)c3c4c(sc3n2)CC(C)CC4)CC1. The third-order valence-corrected chi connectivity index (χ3v) is 8.02. The van der Waals surface area contributed by atoms with Crippen molar-refractivity contribution >= 4 is 45.0 Å². The molecule has 2 aliphatic rings. The zero-order chi connectivity index (χ0) is 19.8. The lowest BCUT2D eigenvalue weighted by Crippen LogP contribution is -2.50. The molecule has 1 saturated heterocycles. The van der Waals surface area contributed by atoms with Crippen LogP contribution in [0.1, 0.15) is 37.6 Å². The highest BCUT2D eigenvalue weighted by Gasteiger charge is 2.27. The number of hydrogen-bond acceptors (Lipinski definition) is 7. The average Bonchev–Trinajstić information content (AvgIpc) is 3.05. The van der Waals surface area contributed by atoms with E-state index in [1.165, 1.54) is 28.6 Å². The zero-order valence-corrected chi connectivity index (χ0v) is 18.5.